The average molecular weight is 330 g/mol. The van der Waals surface area contributed by atoms with Crippen molar-refractivity contribution in [2.75, 3.05) is 10.8 Å². The van der Waals surface area contributed by atoms with Crippen molar-refractivity contribution in [3.8, 4) is 0 Å². The van der Waals surface area contributed by atoms with Crippen molar-refractivity contribution < 1.29 is 8.42 Å². The van der Waals surface area contributed by atoms with Gasteiger partial charge in [0.25, 0.3) is 10.0 Å². The molecule has 0 amide bonds. The Bertz CT molecular complexity index is 836. The minimum Gasteiger partial charge on any atom is -0.326 e. The van der Waals surface area contributed by atoms with Crippen LogP contribution in [-0.4, -0.2) is 21.0 Å². The Hall–Kier alpha value is -1.85. The first-order valence-corrected chi connectivity index (χ1v) is 9.19. The zero-order chi connectivity index (χ0) is 16.8. The van der Waals surface area contributed by atoms with Crippen molar-refractivity contribution in [1.29, 1.82) is 0 Å². The molecular formula is C18H22N2O2S. The number of rotatable bonds is 2. The van der Waals surface area contributed by atoms with Crippen LogP contribution in [0.3, 0.4) is 0 Å². The third-order valence-corrected chi connectivity index (χ3v) is 6.38. The Kier molecular flexibility index (Phi) is 3.94. The molecule has 5 heteroatoms. The summed E-state index contributed by atoms with van der Waals surface area (Å²) in [6, 6.07) is 11.2. The van der Waals surface area contributed by atoms with Gasteiger partial charge in [-0.05, 0) is 49.9 Å². The lowest BCUT2D eigenvalue weighted by molar-refractivity contribution is 0.574. The van der Waals surface area contributed by atoms with Gasteiger partial charge in [0, 0.05) is 12.6 Å². The Morgan fingerprint density at radius 2 is 1.70 bits per heavy atom. The Labute approximate surface area is 138 Å². The van der Waals surface area contributed by atoms with E-state index >= 15 is 0 Å². The van der Waals surface area contributed by atoms with Crippen LogP contribution in [0.5, 0.6) is 0 Å². The first-order valence-electron chi connectivity index (χ1n) is 7.75. The summed E-state index contributed by atoms with van der Waals surface area (Å²) in [5, 5.41) is 0. The number of hydrogen-bond acceptors (Lipinski definition) is 3. The summed E-state index contributed by atoms with van der Waals surface area (Å²) in [5.74, 6) is 0. The maximum atomic E-state index is 13.3. The van der Waals surface area contributed by atoms with Gasteiger partial charge < -0.3 is 5.73 Å². The fourth-order valence-corrected chi connectivity index (χ4v) is 5.47. The molecule has 1 heterocycles. The van der Waals surface area contributed by atoms with Crippen molar-refractivity contribution in [3.63, 3.8) is 0 Å². The van der Waals surface area contributed by atoms with E-state index in [-0.39, 0.29) is 6.04 Å². The van der Waals surface area contributed by atoms with E-state index in [1.54, 1.807) is 0 Å². The number of aryl methyl sites for hydroxylation is 3. The van der Waals surface area contributed by atoms with Crippen molar-refractivity contribution in [2.24, 2.45) is 5.73 Å². The molecule has 0 saturated heterocycles. The lowest BCUT2D eigenvalue weighted by atomic mass is 10.0. The molecule has 1 unspecified atom stereocenters. The van der Waals surface area contributed by atoms with Crippen LogP contribution in [0.1, 0.15) is 22.3 Å². The fraction of sp³-hybridized carbons (Fsp3) is 0.333. The quantitative estimate of drug-likeness (QED) is 0.921. The molecule has 2 N–H and O–H groups in total. The summed E-state index contributed by atoms with van der Waals surface area (Å²) in [7, 11) is -3.63. The van der Waals surface area contributed by atoms with E-state index in [4.69, 9.17) is 5.73 Å². The van der Waals surface area contributed by atoms with E-state index in [0.717, 1.165) is 27.9 Å². The number of para-hydroxylation sites is 1. The lowest BCUT2D eigenvalue weighted by Crippen LogP contribution is -2.46. The van der Waals surface area contributed by atoms with Crippen molar-refractivity contribution in [3.05, 3.63) is 58.7 Å². The van der Waals surface area contributed by atoms with Crippen LogP contribution < -0.4 is 10.0 Å². The zero-order valence-electron chi connectivity index (χ0n) is 13.7. The molecule has 1 atom stereocenters. The molecule has 0 fully saturated rings. The van der Waals surface area contributed by atoms with Gasteiger partial charge in [0.2, 0.25) is 0 Å². The molecule has 23 heavy (non-hydrogen) atoms. The molecule has 0 bridgehead atoms. The van der Waals surface area contributed by atoms with E-state index in [2.05, 4.69) is 0 Å². The second-order valence-electron chi connectivity index (χ2n) is 6.36. The highest BCUT2D eigenvalue weighted by Gasteiger charge is 2.33. The van der Waals surface area contributed by atoms with E-state index in [9.17, 15) is 8.42 Å². The molecular weight excluding hydrogens is 308 g/mol. The van der Waals surface area contributed by atoms with Gasteiger partial charge in [-0.1, -0.05) is 35.9 Å². The maximum Gasteiger partial charge on any atom is 0.264 e. The summed E-state index contributed by atoms with van der Waals surface area (Å²) in [6.45, 7) is 5.99. The van der Waals surface area contributed by atoms with Crippen molar-refractivity contribution in [2.45, 2.75) is 38.1 Å². The molecule has 4 nitrogen and oxygen atoms in total. The highest BCUT2D eigenvalue weighted by atomic mass is 32.2. The van der Waals surface area contributed by atoms with Crippen LogP contribution in [0.2, 0.25) is 0 Å². The summed E-state index contributed by atoms with van der Waals surface area (Å²) >= 11 is 0. The molecule has 1 aliphatic rings. The number of fused-ring (bicyclic) bond motifs is 1. The number of nitrogens with zero attached hydrogens (tertiary/aromatic N) is 1. The van der Waals surface area contributed by atoms with Gasteiger partial charge in [-0.25, -0.2) is 8.42 Å². The Morgan fingerprint density at radius 1 is 1.09 bits per heavy atom. The monoisotopic (exact) mass is 330 g/mol. The summed E-state index contributed by atoms with van der Waals surface area (Å²) in [6.07, 6.45) is 0.702. The number of nitrogens with two attached hydrogens (primary N) is 1. The standard InChI is InChI=1S/C18H22N2O2S/c1-12-8-13(2)18(14(3)9-12)23(21,22)20-11-16(19)10-15-6-4-5-7-17(15)20/h4-9,16H,10-11,19H2,1-3H3. The summed E-state index contributed by atoms with van der Waals surface area (Å²) < 4.78 is 28.1. The molecule has 0 radical (unpaired) electrons. The van der Waals surface area contributed by atoms with E-state index < -0.39 is 10.0 Å². The number of hydrogen-bond donors (Lipinski definition) is 1. The van der Waals surface area contributed by atoms with E-state index in [0.29, 0.717) is 17.9 Å². The van der Waals surface area contributed by atoms with Gasteiger partial charge in [-0.3, -0.25) is 4.31 Å². The summed E-state index contributed by atoms with van der Waals surface area (Å²) in [4.78, 5) is 0.395. The average Bonchev–Trinajstić information content (AvgIpc) is 2.44. The van der Waals surface area contributed by atoms with Crippen LogP contribution >= 0.6 is 0 Å². The number of benzene rings is 2. The van der Waals surface area contributed by atoms with Crippen LogP contribution in [0.4, 0.5) is 5.69 Å². The van der Waals surface area contributed by atoms with Gasteiger partial charge in [-0.15, -0.1) is 0 Å². The molecule has 0 saturated carbocycles. The SMILES string of the molecule is Cc1cc(C)c(S(=O)(=O)N2CC(N)Cc3ccccc32)c(C)c1. The number of sulfonamides is 1. The summed E-state index contributed by atoms with van der Waals surface area (Å²) in [5.41, 5.74) is 10.5. The van der Waals surface area contributed by atoms with Gasteiger partial charge in [0.15, 0.2) is 0 Å². The molecule has 1 aliphatic heterocycles. The lowest BCUT2D eigenvalue weighted by Gasteiger charge is -2.34. The zero-order valence-corrected chi connectivity index (χ0v) is 14.5. The van der Waals surface area contributed by atoms with Crippen LogP contribution in [0, 0.1) is 20.8 Å². The largest absolute Gasteiger partial charge is 0.326 e. The van der Waals surface area contributed by atoms with Gasteiger partial charge >= 0.3 is 0 Å². The third-order valence-electron chi connectivity index (χ3n) is 4.30. The van der Waals surface area contributed by atoms with Crippen molar-refractivity contribution in [1.82, 2.24) is 0 Å². The topological polar surface area (TPSA) is 63.4 Å². The molecule has 0 aromatic heterocycles. The predicted octanol–water partition coefficient (Wildman–Crippen LogP) is 2.69. The second kappa shape index (κ2) is 5.65. The fourth-order valence-electron chi connectivity index (χ4n) is 3.50. The molecule has 2 aromatic carbocycles. The van der Waals surface area contributed by atoms with Crippen LogP contribution in [0.25, 0.3) is 0 Å². The normalized spacial score (nSPS) is 17.9. The smallest absolute Gasteiger partial charge is 0.264 e. The predicted molar refractivity (Wildman–Crippen MR) is 93.3 cm³/mol. The first-order chi connectivity index (χ1) is 10.8. The highest BCUT2D eigenvalue weighted by molar-refractivity contribution is 7.93. The van der Waals surface area contributed by atoms with Gasteiger partial charge in [0.1, 0.15) is 0 Å². The number of anilines is 1. The van der Waals surface area contributed by atoms with Gasteiger partial charge in [-0.2, -0.15) is 0 Å². The first kappa shape index (κ1) is 16.0. The minimum absolute atomic E-state index is 0.189. The van der Waals surface area contributed by atoms with Crippen molar-refractivity contribution >= 4 is 15.7 Å². The van der Waals surface area contributed by atoms with Gasteiger partial charge in [0.05, 0.1) is 10.6 Å². The molecule has 2 aromatic rings. The van der Waals surface area contributed by atoms with E-state index in [1.807, 2.05) is 57.2 Å². The Morgan fingerprint density at radius 3 is 2.35 bits per heavy atom. The van der Waals surface area contributed by atoms with Crippen LogP contribution in [-0.2, 0) is 16.4 Å². The molecule has 0 spiro atoms. The minimum atomic E-state index is -3.63. The Balaban J connectivity index is 2.18. The maximum absolute atomic E-state index is 13.3. The third kappa shape index (κ3) is 2.75. The molecule has 0 aliphatic carbocycles. The second-order valence-corrected chi connectivity index (χ2v) is 8.16. The highest BCUT2D eigenvalue weighted by Crippen LogP contribution is 2.33. The molecule has 3 rings (SSSR count). The van der Waals surface area contributed by atoms with Crippen LogP contribution in [0.15, 0.2) is 41.3 Å². The molecule has 122 valence electrons. The van der Waals surface area contributed by atoms with E-state index in [1.165, 1.54) is 4.31 Å².